The van der Waals surface area contributed by atoms with Crippen LogP contribution in [0.2, 0.25) is 5.02 Å². The maximum absolute atomic E-state index is 11.6. The van der Waals surface area contributed by atoms with Crippen LogP contribution in [0.5, 0.6) is 0 Å². The van der Waals surface area contributed by atoms with Crippen LogP contribution >= 0.6 is 11.6 Å². The fraction of sp³-hybridized carbons (Fsp3) is 0.462. The summed E-state index contributed by atoms with van der Waals surface area (Å²) >= 11 is 5.83. The van der Waals surface area contributed by atoms with Crippen LogP contribution in [0.15, 0.2) is 24.3 Å². The summed E-state index contributed by atoms with van der Waals surface area (Å²) in [6.45, 7) is 6.45. The Hall–Kier alpha value is -1.06. The quantitative estimate of drug-likeness (QED) is 0.848. The van der Waals surface area contributed by atoms with Crippen LogP contribution in [-0.4, -0.2) is 18.5 Å². The molecule has 4 heteroatoms. The van der Waals surface area contributed by atoms with Crippen molar-refractivity contribution in [2.24, 2.45) is 0 Å². The van der Waals surface area contributed by atoms with E-state index >= 15 is 0 Å². The number of likely N-dealkylation sites (N-methyl/N-ethyl adjacent to an activating group) is 1. The van der Waals surface area contributed by atoms with E-state index in [9.17, 15) is 4.79 Å². The van der Waals surface area contributed by atoms with Crippen LogP contribution < -0.4 is 10.6 Å². The van der Waals surface area contributed by atoms with E-state index in [2.05, 4.69) is 10.6 Å². The molecule has 0 heterocycles. The zero-order chi connectivity index (χ0) is 12.8. The molecule has 1 aromatic rings. The second kappa shape index (κ2) is 6.62. The lowest BCUT2D eigenvalue weighted by Gasteiger charge is -2.19. The molecule has 0 spiro atoms. The molecule has 0 bridgehead atoms. The van der Waals surface area contributed by atoms with Crippen molar-refractivity contribution in [3.63, 3.8) is 0 Å². The number of rotatable bonds is 5. The van der Waals surface area contributed by atoms with Crippen LogP contribution in [0.3, 0.4) is 0 Å². The highest BCUT2D eigenvalue weighted by Gasteiger charge is 2.15. The summed E-state index contributed by atoms with van der Waals surface area (Å²) in [7, 11) is 0. The van der Waals surface area contributed by atoms with Crippen LogP contribution in [0.4, 0.5) is 0 Å². The number of nitrogens with one attached hydrogen (secondary N) is 2. The molecule has 0 radical (unpaired) electrons. The molecule has 1 amide bonds. The lowest BCUT2D eigenvalue weighted by atomic mass is 10.1. The summed E-state index contributed by atoms with van der Waals surface area (Å²) in [5, 5.41) is 6.75. The van der Waals surface area contributed by atoms with Gasteiger partial charge in [0.2, 0.25) is 5.91 Å². The summed E-state index contributed by atoms with van der Waals surface area (Å²) in [5.74, 6) is 0.0216. The minimum absolute atomic E-state index is 0.0216. The largest absolute Gasteiger partial charge is 0.355 e. The van der Waals surface area contributed by atoms with E-state index in [0.717, 1.165) is 10.6 Å². The van der Waals surface area contributed by atoms with Gasteiger partial charge >= 0.3 is 0 Å². The molecule has 1 aromatic carbocycles. The maximum Gasteiger partial charge on any atom is 0.236 e. The Bertz CT molecular complexity index is 364. The molecule has 17 heavy (non-hydrogen) atoms. The van der Waals surface area contributed by atoms with E-state index in [-0.39, 0.29) is 18.0 Å². The third-order valence-corrected chi connectivity index (χ3v) is 2.87. The topological polar surface area (TPSA) is 41.1 Å². The van der Waals surface area contributed by atoms with Crippen molar-refractivity contribution >= 4 is 17.5 Å². The monoisotopic (exact) mass is 254 g/mol. The standard InChI is InChI=1S/C13H19ClN2O/c1-4-15-13(17)10(3)16-9(2)11-5-7-12(14)8-6-11/h5-10,16H,4H2,1-3H3,(H,15,17)/t9-,10?/m0/s1. The average Bonchev–Trinajstić information content (AvgIpc) is 2.30. The summed E-state index contributed by atoms with van der Waals surface area (Å²) in [4.78, 5) is 11.6. The molecule has 0 saturated heterocycles. The van der Waals surface area contributed by atoms with Crippen LogP contribution in [0, 0.1) is 0 Å². The first-order valence-electron chi connectivity index (χ1n) is 5.83. The van der Waals surface area contributed by atoms with Gasteiger partial charge in [-0.2, -0.15) is 0 Å². The van der Waals surface area contributed by atoms with Crippen LogP contribution in [0.25, 0.3) is 0 Å². The number of hydrogen-bond donors (Lipinski definition) is 2. The third-order valence-electron chi connectivity index (χ3n) is 2.61. The number of amides is 1. The van der Waals surface area contributed by atoms with Gasteiger partial charge in [-0.3, -0.25) is 10.1 Å². The van der Waals surface area contributed by atoms with Gasteiger partial charge in [0.15, 0.2) is 0 Å². The zero-order valence-corrected chi connectivity index (χ0v) is 11.2. The first kappa shape index (κ1) is 14.0. The second-order valence-corrected chi connectivity index (χ2v) is 4.49. The Balaban J connectivity index is 2.56. The molecular weight excluding hydrogens is 236 g/mol. The molecule has 0 fully saturated rings. The molecule has 2 N–H and O–H groups in total. The van der Waals surface area contributed by atoms with Gasteiger partial charge in [-0.1, -0.05) is 23.7 Å². The predicted molar refractivity (Wildman–Crippen MR) is 71.1 cm³/mol. The van der Waals surface area contributed by atoms with Crippen LogP contribution in [-0.2, 0) is 4.79 Å². The first-order valence-corrected chi connectivity index (χ1v) is 6.21. The minimum atomic E-state index is -0.208. The lowest BCUT2D eigenvalue weighted by molar-refractivity contribution is -0.122. The SMILES string of the molecule is CCNC(=O)C(C)N[C@@H](C)c1ccc(Cl)cc1. The highest BCUT2D eigenvalue weighted by Crippen LogP contribution is 2.16. The zero-order valence-electron chi connectivity index (χ0n) is 10.5. The van der Waals surface area contributed by atoms with Gasteiger partial charge < -0.3 is 5.32 Å². The van der Waals surface area contributed by atoms with Crippen molar-refractivity contribution in [3.8, 4) is 0 Å². The first-order chi connectivity index (χ1) is 8.04. The number of carbonyl (C=O) groups excluding carboxylic acids is 1. The molecule has 94 valence electrons. The van der Waals surface area contributed by atoms with E-state index in [4.69, 9.17) is 11.6 Å². The van der Waals surface area contributed by atoms with E-state index in [1.54, 1.807) is 0 Å². The molecule has 0 saturated carbocycles. The van der Waals surface area contributed by atoms with Crippen molar-refractivity contribution < 1.29 is 4.79 Å². The van der Waals surface area contributed by atoms with Gasteiger partial charge in [-0.05, 0) is 38.5 Å². The fourth-order valence-electron chi connectivity index (χ4n) is 1.63. The third kappa shape index (κ3) is 4.36. The smallest absolute Gasteiger partial charge is 0.236 e. The number of benzene rings is 1. The Labute approximate surface area is 108 Å². The van der Waals surface area contributed by atoms with Crippen molar-refractivity contribution in [2.75, 3.05) is 6.54 Å². The highest BCUT2D eigenvalue weighted by atomic mass is 35.5. The molecule has 0 aliphatic carbocycles. The van der Waals surface area contributed by atoms with Crippen molar-refractivity contribution in [1.29, 1.82) is 0 Å². The summed E-state index contributed by atoms with van der Waals surface area (Å²) in [6, 6.07) is 7.54. The number of hydrogen-bond acceptors (Lipinski definition) is 2. The lowest BCUT2D eigenvalue weighted by Crippen LogP contribution is -2.42. The van der Waals surface area contributed by atoms with Crippen molar-refractivity contribution in [1.82, 2.24) is 10.6 Å². The Morgan fingerprint density at radius 3 is 2.41 bits per heavy atom. The Morgan fingerprint density at radius 1 is 1.29 bits per heavy atom. The van der Waals surface area contributed by atoms with E-state index < -0.39 is 0 Å². The van der Waals surface area contributed by atoms with Crippen molar-refractivity contribution in [3.05, 3.63) is 34.9 Å². The molecule has 3 nitrogen and oxygen atoms in total. The normalized spacial score (nSPS) is 14.1. The van der Waals surface area contributed by atoms with E-state index in [1.165, 1.54) is 0 Å². The van der Waals surface area contributed by atoms with Gasteiger partial charge in [-0.15, -0.1) is 0 Å². The van der Waals surface area contributed by atoms with Gasteiger partial charge in [0, 0.05) is 17.6 Å². The molecule has 0 aliphatic heterocycles. The van der Waals surface area contributed by atoms with Gasteiger partial charge in [-0.25, -0.2) is 0 Å². The molecular formula is C13H19ClN2O. The summed E-state index contributed by atoms with van der Waals surface area (Å²) < 4.78 is 0. The fourth-order valence-corrected chi connectivity index (χ4v) is 1.75. The molecule has 1 unspecified atom stereocenters. The molecule has 2 atom stereocenters. The molecule has 1 rings (SSSR count). The molecule has 0 aromatic heterocycles. The average molecular weight is 255 g/mol. The Kier molecular flexibility index (Phi) is 5.45. The van der Waals surface area contributed by atoms with Gasteiger partial charge in [0.05, 0.1) is 6.04 Å². The van der Waals surface area contributed by atoms with Gasteiger partial charge in [0.25, 0.3) is 0 Å². The van der Waals surface area contributed by atoms with Crippen LogP contribution in [0.1, 0.15) is 32.4 Å². The summed E-state index contributed by atoms with van der Waals surface area (Å²) in [5.41, 5.74) is 1.12. The van der Waals surface area contributed by atoms with Gasteiger partial charge in [0.1, 0.15) is 0 Å². The second-order valence-electron chi connectivity index (χ2n) is 4.06. The minimum Gasteiger partial charge on any atom is -0.355 e. The number of halogens is 1. The van der Waals surface area contributed by atoms with E-state index in [1.807, 2.05) is 45.0 Å². The summed E-state index contributed by atoms with van der Waals surface area (Å²) in [6.07, 6.45) is 0. The highest BCUT2D eigenvalue weighted by molar-refractivity contribution is 6.30. The van der Waals surface area contributed by atoms with Crippen molar-refractivity contribution in [2.45, 2.75) is 32.9 Å². The maximum atomic E-state index is 11.6. The van der Waals surface area contributed by atoms with E-state index in [0.29, 0.717) is 6.54 Å². The predicted octanol–water partition coefficient (Wildman–Crippen LogP) is 2.52. The Morgan fingerprint density at radius 2 is 1.88 bits per heavy atom. The number of carbonyl (C=O) groups is 1. The molecule has 0 aliphatic rings.